The van der Waals surface area contributed by atoms with Crippen LogP contribution in [0.5, 0.6) is 0 Å². The van der Waals surface area contributed by atoms with E-state index in [1.165, 1.54) is 0 Å². The van der Waals surface area contributed by atoms with Gasteiger partial charge in [0.1, 0.15) is 6.10 Å². The van der Waals surface area contributed by atoms with E-state index in [2.05, 4.69) is 15.9 Å². The van der Waals surface area contributed by atoms with Gasteiger partial charge in [0, 0.05) is 31.7 Å². The topological polar surface area (TPSA) is 53.7 Å². The minimum absolute atomic E-state index is 0.0136. The highest BCUT2D eigenvalue weighted by Crippen LogP contribution is 2.28. The summed E-state index contributed by atoms with van der Waals surface area (Å²) in [6.45, 7) is 3.11. The third-order valence-corrected chi connectivity index (χ3v) is 4.02. The smallest absolute Gasteiger partial charge is 0.104 e. The van der Waals surface area contributed by atoms with Gasteiger partial charge in [-0.15, -0.1) is 11.3 Å². The highest BCUT2D eigenvalue weighted by atomic mass is 79.9. The summed E-state index contributed by atoms with van der Waals surface area (Å²) in [5.41, 5.74) is 5.71. The van der Waals surface area contributed by atoms with Crippen molar-refractivity contribution in [3.63, 3.8) is 0 Å². The molecule has 0 spiro atoms. The maximum Gasteiger partial charge on any atom is 0.104 e. The molecule has 2 N–H and O–H groups in total. The van der Waals surface area contributed by atoms with Crippen molar-refractivity contribution in [2.45, 2.75) is 12.5 Å². The standard InChI is InChI=1S/C12H20BrNO3S/c1-15-7-8-16-5-2-6-17-10(9-14)11-3-4-12(13)18-11/h3-4,10H,2,5-9,14H2,1H3. The van der Waals surface area contributed by atoms with E-state index in [-0.39, 0.29) is 6.10 Å². The van der Waals surface area contributed by atoms with Gasteiger partial charge in [0.25, 0.3) is 0 Å². The number of methoxy groups -OCH3 is 1. The Morgan fingerprint density at radius 2 is 2.11 bits per heavy atom. The fourth-order valence-electron chi connectivity index (χ4n) is 1.40. The van der Waals surface area contributed by atoms with Crippen LogP contribution >= 0.6 is 27.3 Å². The van der Waals surface area contributed by atoms with E-state index in [1.807, 2.05) is 12.1 Å². The molecule has 1 unspecified atom stereocenters. The minimum Gasteiger partial charge on any atom is -0.382 e. The summed E-state index contributed by atoms with van der Waals surface area (Å²) in [6.07, 6.45) is 0.854. The molecule has 4 nitrogen and oxygen atoms in total. The van der Waals surface area contributed by atoms with Crippen molar-refractivity contribution in [2.75, 3.05) is 40.1 Å². The summed E-state index contributed by atoms with van der Waals surface area (Å²) in [6, 6.07) is 4.06. The first-order valence-corrected chi connectivity index (χ1v) is 7.52. The first kappa shape index (κ1) is 16.1. The van der Waals surface area contributed by atoms with Crippen molar-refractivity contribution >= 4 is 27.3 Å². The van der Waals surface area contributed by atoms with Crippen molar-refractivity contribution in [3.05, 3.63) is 20.8 Å². The fourth-order valence-corrected chi connectivity index (χ4v) is 2.88. The summed E-state index contributed by atoms with van der Waals surface area (Å²) in [7, 11) is 1.66. The van der Waals surface area contributed by atoms with Crippen molar-refractivity contribution in [3.8, 4) is 0 Å². The fraction of sp³-hybridized carbons (Fsp3) is 0.667. The molecular formula is C12H20BrNO3S. The quantitative estimate of drug-likeness (QED) is 0.666. The van der Waals surface area contributed by atoms with E-state index in [9.17, 15) is 0 Å². The van der Waals surface area contributed by atoms with Crippen LogP contribution in [0.3, 0.4) is 0 Å². The second-order valence-electron chi connectivity index (χ2n) is 3.70. The molecule has 1 rings (SSSR count). The minimum atomic E-state index is -0.0136. The summed E-state index contributed by atoms with van der Waals surface area (Å²) in [4.78, 5) is 1.16. The van der Waals surface area contributed by atoms with Crippen LogP contribution in [0.4, 0.5) is 0 Å². The lowest BCUT2D eigenvalue weighted by molar-refractivity contribution is 0.0274. The van der Waals surface area contributed by atoms with Crippen molar-refractivity contribution < 1.29 is 14.2 Å². The highest BCUT2D eigenvalue weighted by Gasteiger charge is 2.12. The summed E-state index contributed by atoms with van der Waals surface area (Å²) in [5, 5.41) is 0. The van der Waals surface area contributed by atoms with E-state index >= 15 is 0 Å². The molecule has 0 aliphatic carbocycles. The van der Waals surface area contributed by atoms with Crippen LogP contribution < -0.4 is 5.73 Å². The summed E-state index contributed by atoms with van der Waals surface area (Å²) >= 11 is 5.10. The van der Waals surface area contributed by atoms with Gasteiger partial charge in [0.2, 0.25) is 0 Å². The Balaban J connectivity index is 2.13. The van der Waals surface area contributed by atoms with Crippen molar-refractivity contribution in [2.24, 2.45) is 5.73 Å². The molecule has 0 saturated heterocycles. The van der Waals surface area contributed by atoms with Crippen LogP contribution in [0.25, 0.3) is 0 Å². The normalized spacial score (nSPS) is 12.8. The molecule has 1 aromatic heterocycles. The van der Waals surface area contributed by atoms with E-state index in [4.69, 9.17) is 19.9 Å². The monoisotopic (exact) mass is 337 g/mol. The zero-order chi connectivity index (χ0) is 13.2. The van der Waals surface area contributed by atoms with E-state index in [0.29, 0.717) is 33.0 Å². The maximum absolute atomic E-state index is 5.75. The van der Waals surface area contributed by atoms with Gasteiger partial charge in [-0.2, -0.15) is 0 Å². The molecule has 0 amide bonds. The second kappa shape index (κ2) is 9.89. The number of thiophene rings is 1. The molecule has 0 bridgehead atoms. The molecule has 0 aliphatic heterocycles. The molecule has 0 aromatic carbocycles. The number of hydrogen-bond acceptors (Lipinski definition) is 5. The van der Waals surface area contributed by atoms with Crippen LogP contribution in [-0.2, 0) is 14.2 Å². The zero-order valence-corrected chi connectivity index (χ0v) is 13.0. The third kappa shape index (κ3) is 6.26. The SMILES string of the molecule is COCCOCCCOC(CN)c1ccc(Br)s1. The van der Waals surface area contributed by atoms with Crippen molar-refractivity contribution in [1.82, 2.24) is 0 Å². The summed E-state index contributed by atoms with van der Waals surface area (Å²) < 4.78 is 17.1. The largest absolute Gasteiger partial charge is 0.382 e. The molecule has 0 saturated carbocycles. The molecule has 1 aromatic rings. The van der Waals surface area contributed by atoms with Gasteiger partial charge in [-0.1, -0.05) is 0 Å². The Morgan fingerprint density at radius 1 is 1.28 bits per heavy atom. The van der Waals surface area contributed by atoms with Crippen LogP contribution in [0.2, 0.25) is 0 Å². The molecule has 18 heavy (non-hydrogen) atoms. The lowest BCUT2D eigenvalue weighted by atomic mass is 10.3. The number of ether oxygens (including phenoxy) is 3. The average molecular weight is 338 g/mol. The van der Waals surface area contributed by atoms with E-state index in [1.54, 1.807) is 18.4 Å². The Bertz CT molecular complexity index is 322. The van der Waals surface area contributed by atoms with Gasteiger partial charge in [-0.3, -0.25) is 0 Å². The van der Waals surface area contributed by atoms with E-state index in [0.717, 1.165) is 15.1 Å². The number of nitrogens with two attached hydrogens (primary N) is 1. The van der Waals surface area contributed by atoms with Gasteiger partial charge >= 0.3 is 0 Å². The molecule has 0 aliphatic rings. The Kier molecular flexibility index (Phi) is 8.83. The molecule has 0 fully saturated rings. The van der Waals surface area contributed by atoms with Crippen LogP contribution in [0.1, 0.15) is 17.4 Å². The van der Waals surface area contributed by atoms with Gasteiger partial charge in [0.05, 0.1) is 17.0 Å². The predicted molar refractivity (Wildman–Crippen MR) is 77.1 cm³/mol. The first-order valence-electron chi connectivity index (χ1n) is 5.91. The number of halogens is 1. The Labute approximate surface area is 121 Å². The molecule has 1 heterocycles. The lowest BCUT2D eigenvalue weighted by Crippen LogP contribution is -2.16. The first-order chi connectivity index (χ1) is 8.77. The molecule has 6 heteroatoms. The number of hydrogen-bond donors (Lipinski definition) is 1. The Hall–Kier alpha value is 0.0200. The second-order valence-corrected chi connectivity index (χ2v) is 6.19. The predicted octanol–water partition coefficient (Wildman–Crippen LogP) is 2.58. The zero-order valence-electron chi connectivity index (χ0n) is 10.6. The third-order valence-electron chi connectivity index (χ3n) is 2.31. The van der Waals surface area contributed by atoms with Gasteiger partial charge in [0.15, 0.2) is 0 Å². The van der Waals surface area contributed by atoms with Crippen LogP contribution in [-0.4, -0.2) is 40.1 Å². The molecule has 104 valence electrons. The van der Waals surface area contributed by atoms with Crippen molar-refractivity contribution in [1.29, 1.82) is 0 Å². The van der Waals surface area contributed by atoms with Crippen LogP contribution in [0, 0.1) is 0 Å². The van der Waals surface area contributed by atoms with Crippen LogP contribution in [0.15, 0.2) is 15.9 Å². The van der Waals surface area contributed by atoms with Gasteiger partial charge in [-0.05, 0) is 34.5 Å². The summed E-state index contributed by atoms with van der Waals surface area (Å²) in [5.74, 6) is 0. The van der Waals surface area contributed by atoms with Gasteiger partial charge in [-0.25, -0.2) is 0 Å². The van der Waals surface area contributed by atoms with E-state index < -0.39 is 0 Å². The highest BCUT2D eigenvalue weighted by molar-refractivity contribution is 9.11. The maximum atomic E-state index is 5.75. The Morgan fingerprint density at radius 3 is 2.72 bits per heavy atom. The molecular weight excluding hydrogens is 318 g/mol. The van der Waals surface area contributed by atoms with Gasteiger partial charge < -0.3 is 19.9 Å². The molecule has 0 radical (unpaired) electrons. The molecule has 1 atom stereocenters. The number of rotatable bonds is 10. The average Bonchev–Trinajstić information content (AvgIpc) is 2.79. The lowest BCUT2D eigenvalue weighted by Gasteiger charge is -2.14.